The van der Waals surface area contributed by atoms with Gasteiger partial charge in [0, 0.05) is 10.7 Å². The highest BCUT2D eigenvalue weighted by atomic mass is 32.1. The molecule has 0 fully saturated rings. The molecule has 0 bridgehead atoms. The summed E-state index contributed by atoms with van der Waals surface area (Å²) in [4.78, 5) is 0. The van der Waals surface area contributed by atoms with Crippen molar-refractivity contribution in [2.45, 2.75) is 13.0 Å². The highest BCUT2D eigenvalue weighted by molar-refractivity contribution is 7.80. The normalized spacial score (nSPS) is 9.25. The Kier molecular flexibility index (Phi) is 5.37. The molecule has 1 nitrogen and oxygen atoms in total. The van der Waals surface area contributed by atoms with Gasteiger partial charge in [0.2, 0.25) is 0 Å². The first-order valence-electron chi connectivity index (χ1n) is 2.49. The second-order valence-corrected chi connectivity index (χ2v) is 1.90. The lowest BCUT2D eigenvalue weighted by Gasteiger charge is -2.02. The van der Waals surface area contributed by atoms with Crippen molar-refractivity contribution in [1.29, 1.82) is 0 Å². The maximum Gasteiger partial charge on any atom is 0.0643 e. The molecule has 0 aromatic rings. The van der Waals surface area contributed by atoms with E-state index in [1.165, 1.54) is 0 Å². The van der Waals surface area contributed by atoms with E-state index in [1.807, 2.05) is 6.92 Å². The van der Waals surface area contributed by atoms with Crippen molar-refractivity contribution in [3.8, 4) is 0 Å². The third-order valence-corrected chi connectivity index (χ3v) is 1.32. The summed E-state index contributed by atoms with van der Waals surface area (Å²) in [6.07, 6.45) is 0. The van der Waals surface area contributed by atoms with Crippen molar-refractivity contribution >= 4 is 35.2 Å². The van der Waals surface area contributed by atoms with Crippen molar-refractivity contribution in [2.24, 2.45) is 0 Å². The van der Waals surface area contributed by atoms with Crippen LogP contribution in [-0.4, -0.2) is 23.3 Å². The van der Waals surface area contributed by atoms with Crippen LogP contribution in [0.1, 0.15) is 6.92 Å². The summed E-state index contributed by atoms with van der Waals surface area (Å²) in [6, 6.07) is 0.130. The van der Waals surface area contributed by atoms with Gasteiger partial charge in [-0.3, -0.25) is 0 Å². The fourth-order valence-corrected chi connectivity index (χ4v) is 0.813. The predicted molar refractivity (Wildman–Crippen MR) is 44.8 cm³/mol. The molecule has 0 amide bonds. The van der Waals surface area contributed by atoms with Gasteiger partial charge in [-0.25, -0.2) is 0 Å². The van der Waals surface area contributed by atoms with E-state index in [9.17, 15) is 0 Å². The predicted octanol–water partition coefficient (Wildman–Crippen LogP) is 0.964. The molecule has 0 rings (SSSR count). The molecule has 0 aliphatic rings. The Morgan fingerprint density at radius 3 is 2.12 bits per heavy atom. The highest BCUT2D eigenvalue weighted by Gasteiger charge is 1.92. The Morgan fingerprint density at radius 2 is 2.00 bits per heavy atom. The van der Waals surface area contributed by atoms with Crippen molar-refractivity contribution in [1.82, 2.24) is 5.32 Å². The average Bonchev–Trinajstić information content (AvgIpc) is 1.83. The number of hydrogen-bond acceptors (Lipinski definition) is 3. The SMILES string of the molecule is CCNC(C=S)C=S. The Labute approximate surface area is 60.5 Å². The number of rotatable bonds is 4. The maximum absolute atomic E-state index is 4.65. The van der Waals surface area contributed by atoms with Gasteiger partial charge < -0.3 is 5.32 Å². The average molecular weight is 147 g/mol. The quantitative estimate of drug-likeness (QED) is 0.595. The molecule has 0 aliphatic heterocycles. The zero-order valence-corrected chi connectivity index (χ0v) is 6.39. The van der Waals surface area contributed by atoms with E-state index >= 15 is 0 Å². The van der Waals surface area contributed by atoms with Crippen LogP contribution in [0.15, 0.2) is 0 Å². The molecule has 0 saturated heterocycles. The van der Waals surface area contributed by atoms with Gasteiger partial charge in [-0.05, 0) is 6.54 Å². The molecular weight excluding hydrogens is 138 g/mol. The maximum atomic E-state index is 4.65. The Bertz CT molecular complexity index is 74.5. The summed E-state index contributed by atoms with van der Waals surface area (Å²) in [5.41, 5.74) is 0. The fourth-order valence-electron chi connectivity index (χ4n) is 0.364. The Balaban J connectivity index is 3.35. The second kappa shape index (κ2) is 5.28. The summed E-state index contributed by atoms with van der Waals surface area (Å²) in [6.45, 7) is 2.93. The van der Waals surface area contributed by atoms with E-state index in [4.69, 9.17) is 0 Å². The van der Waals surface area contributed by atoms with Crippen LogP contribution in [0, 0.1) is 0 Å². The van der Waals surface area contributed by atoms with Gasteiger partial charge in [-0.2, -0.15) is 0 Å². The molecular formula is C5H9NS2. The Morgan fingerprint density at radius 1 is 1.50 bits per heavy atom. The van der Waals surface area contributed by atoms with Crippen molar-refractivity contribution in [2.75, 3.05) is 6.54 Å². The van der Waals surface area contributed by atoms with E-state index < -0.39 is 0 Å². The van der Waals surface area contributed by atoms with Crippen molar-refractivity contribution in [3.05, 3.63) is 0 Å². The minimum Gasteiger partial charge on any atom is -0.306 e. The minimum atomic E-state index is 0.130. The van der Waals surface area contributed by atoms with Gasteiger partial charge in [0.15, 0.2) is 0 Å². The van der Waals surface area contributed by atoms with Crippen LogP contribution in [0.5, 0.6) is 0 Å². The van der Waals surface area contributed by atoms with Gasteiger partial charge in [-0.15, -0.1) is 0 Å². The summed E-state index contributed by atoms with van der Waals surface area (Å²) < 4.78 is 0. The van der Waals surface area contributed by atoms with Crippen LogP contribution >= 0.6 is 24.4 Å². The molecule has 8 heavy (non-hydrogen) atoms. The first-order chi connectivity index (χ1) is 3.85. The third-order valence-electron chi connectivity index (χ3n) is 0.733. The molecule has 0 heterocycles. The van der Waals surface area contributed by atoms with Gasteiger partial charge in [0.1, 0.15) is 0 Å². The zero-order chi connectivity index (χ0) is 6.41. The van der Waals surface area contributed by atoms with Crippen LogP contribution < -0.4 is 5.32 Å². The second-order valence-electron chi connectivity index (χ2n) is 1.36. The summed E-state index contributed by atoms with van der Waals surface area (Å²) in [5, 5.41) is 6.31. The highest BCUT2D eigenvalue weighted by Crippen LogP contribution is 1.72. The minimum absolute atomic E-state index is 0.130. The summed E-state index contributed by atoms with van der Waals surface area (Å²) in [5.74, 6) is 0. The smallest absolute Gasteiger partial charge is 0.0643 e. The summed E-state index contributed by atoms with van der Waals surface area (Å²) in [7, 11) is 0. The van der Waals surface area contributed by atoms with Crippen molar-refractivity contribution < 1.29 is 0 Å². The zero-order valence-electron chi connectivity index (χ0n) is 4.76. The Hall–Kier alpha value is 0.140. The molecule has 3 heteroatoms. The van der Waals surface area contributed by atoms with E-state index in [1.54, 1.807) is 10.7 Å². The molecule has 1 N–H and O–H groups in total. The van der Waals surface area contributed by atoms with Crippen LogP contribution in [-0.2, 0) is 0 Å². The van der Waals surface area contributed by atoms with Crippen molar-refractivity contribution in [3.63, 3.8) is 0 Å². The molecule has 0 aromatic carbocycles. The van der Waals surface area contributed by atoms with E-state index in [0.29, 0.717) is 0 Å². The van der Waals surface area contributed by atoms with Gasteiger partial charge in [0.25, 0.3) is 0 Å². The molecule has 46 valence electrons. The molecule has 0 unspecified atom stereocenters. The number of thiocarbonyl (C=S) groups is 2. The van der Waals surface area contributed by atoms with Crippen LogP contribution in [0.3, 0.4) is 0 Å². The van der Waals surface area contributed by atoms with E-state index in [-0.39, 0.29) is 6.04 Å². The lowest BCUT2D eigenvalue weighted by Crippen LogP contribution is -2.29. The molecule has 0 radical (unpaired) electrons. The molecule has 0 saturated carbocycles. The third kappa shape index (κ3) is 3.18. The molecule has 0 atom stereocenters. The van der Waals surface area contributed by atoms with Crippen LogP contribution in [0.4, 0.5) is 0 Å². The standard InChI is InChI=1S/C5H9NS2/c1-2-6-5(3-7)4-8/h3-6H,2H2,1H3. The van der Waals surface area contributed by atoms with Crippen LogP contribution in [0.2, 0.25) is 0 Å². The van der Waals surface area contributed by atoms with Gasteiger partial charge >= 0.3 is 0 Å². The van der Waals surface area contributed by atoms with Crippen LogP contribution in [0.25, 0.3) is 0 Å². The number of hydrogen-bond donors (Lipinski definition) is 1. The van der Waals surface area contributed by atoms with Gasteiger partial charge in [0.05, 0.1) is 6.04 Å². The lowest BCUT2D eigenvalue weighted by molar-refractivity contribution is 0.778. The molecule has 0 aliphatic carbocycles. The molecule has 0 aromatic heterocycles. The topological polar surface area (TPSA) is 12.0 Å². The first kappa shape index (κ1) is 8.14. The van der Waals surface area contributed by atoms with E-state index in [2.05, 4.69) is 29.8 Å². The summed E-state index contributed by atoms with van der Waals surface area (Å²) >= 11 is 9.31. The van der Waals surface area contributed by atoms with Gasteiger partial charge in [-0.1, -0.05) is 31.4 Å². The largest absolute Gasteiger partial charge is 0.306 e. The fraction of sp³-hybridized carbons (Fsp3) is 0.600. The number of nitrogens with one attached hydrogen (secondary N) is 1. The monoisotopic (exact) mass is 147 g/mol. The first-order valence-corrected chi connectivity index (χ1v) is 3.43. The van der Waals surface area contributed by atoms with E-state index in [0.717, 1.165) is 6.54 Å². The molecule has 0 spiro atoms. The lowest BCUT2D eigenvalue weighted by atomic mass is 10.4.